The van der Waals surface area contributed by atoms with Crippen molar-refractivity contribution in [3.8, 4) is 0 Å². The molecular weight excluding hydrogens is 234 g/mol. The highest BCUT2D eigenvalue weighted by Gasteiger charge is 2.25. The van der Waals surface area contributed by atoms with Gasteiger partial charge in [0.15, 0.2) is 0 Å². The molecule has 1 aromatic rings. The van der Waals surface area contributed by atoms with E-state index in [0.29, 0.717) is 6.04 Å². The quantitative estimate of drug-likeness (QED) is 0.824. The van der Waals surface area contributed by atoms with Crippen molar-refractivity contribution in [3.05, 3.63) is 35.9 Å². The molecule has 0 heterocycles. The molecule has 2 nitrogen and oxygen atoms in total. The number of nitrogens with one attached hydrogen (secondary N) is 1. The molecule has 0 radical (unpaired) electrons. The van der Waals surface area contributed by atoms with Crippen LogP contribution in [0.4, 0.5) is 0 Å². The summed E-state index contributed by atoms with van der Waals surface area (Å²) < 4.78 is 0. The maximum absolute atomic E-state index is 9.61. The van der Waals surface area contributed by atoms with Crippen molar-refractivity contribution < 1.29 is 5.11 Å². The first kappa shape index (κ1) is 14.5. The molecule has 0 aromatic heterocycles. The minimum absolute atomic E-state index is 0.194. The van der Waals surface area contributed by atoms with E-state index in [1.807, 2.05) is 6.07 Å². The first-order valence-corrected chi connectivity index (χ1v) is 7.74. The molecule has 2 rings (SSSR count). The van der Waals surface area contributed by atoms with Gasteiger partial charge < -0.3 is 10.4 Å². The molecule has 1 aliphatic carbocycles. The SMILES string of the molecule is CCC1CCCCC1NC(CO)Cc1ccccc1. The predicted molar refractivity (Wildman–Crippen MR) is 80.2 cm³/mol. The second-order valence-electron chi connectivity index (χ2n) is 5.80. The van der Waals surface area contributed by atoms with E-state index in [1.165, 1.54) is 37.7 Å². The van der Waals surface area contributed by atoms with E-state index in [1.54, 1.807) is 0 Å². The van der Waals surface area contributed by atoms with Crippen LogP contribution in [0.1, 0.15) is 44.6 Å². The molecule has 2 heteroatoms. The fraction of sp³-hybridized carbons (Fsp3) is 0.647. The van der Waals surface area contributed by atoms with E-state index in [9.17, 15) is 5.11 Å². The molecule has 106 valence electrons. The van der Waals surface area contributed by atoms with E-state index in [-0.39, 0.29) is 12.6 Å². The third kappa shape index (κ3) is 4.32. The second-order valence-corrected chi connectivity index (χ2v) is 5.80. The molecule has 0 amide bonds. The van der Waals surface area contributed by atoms with Gasteiger partial charge >= 0.3 is 0 Å². The Morgan fingerprint density at radius 2 is 1.95 bits per heavy atom. The smallest absolute Gasteiger partial charge is 0.0587 e. The Labute approximate surface area is 117 Å². The van der Waals surface area contributed by atoms with Gasteiger partial charge in [-0.25, -0.2) is 0 Å². The summed E-state index contributed by atoms with van der Waals surface area (Å²) in [7, 11) is 0. The molecule has 0 saturated heterocycles. The maximum Gasteiger partial charge on any atom is 0.0587 e. The van der Waals surface area contributed by atoms with Gasteiger partial charge in [0.1, 0.15) is 0 Å². The van der Waals surface area contributed by atoms with Crippen LogP contribution < -0.4 is 5.32 Å². The van der Waals surface area contributed by atoms with Crippen LogP contribution in [0.3, 0.4) is 0 Å². The van der Waals surface area contributed by atoms with Crippen LogP contribution in [0.25, 0.3) is 0 Å². The summed E-state index contributed by atoms with van der Waals surface area (Å²) in [5, 5.41) is 13.3. The molecular formula is C17H27NO. The number of benzene rings is 1. The monoisotopic (exact) mass is 261 g/mol. The molecule has 0 aliphatic heterocycles. The van der Waals surface area contributed by atoms with E-state index in [4.69, 9.17) is 0 Å². The summed E-state index contributed by atoms with van der Waals surface area (Å²) >= 11 is 0. The molecule has 3 atom stereocenters. The Bertz CT molecular complexity index is 352. The van der Waals surface area contributed by atoms with Crippen LogP contribution in [0.15, 0.2) is 30.3 Å². The van der Waals surface area contributed by atoms with Gasteiger partial charge in [0.25, 0.3) is 0 Å². The van der Waals surface area contributed by atoms with Gasteiger partial charge in [-0.05, 0) is 30.7 Å². The lowest BCUT2D eigenvalue weighted by atomic mass is 9.82. The second kappa shape index (κ2) is 7.66. The average molecular weight is 261 g/mol. The summed E-state index contributed by atoms with van der Waals surface area (Å²) in [5.41, 5.74) is 1.30. The van der Waals surface area contributed by atoms with E-state index in [2.05, 4.69) is 36.5 Å². The van der Waals surface area contributed by atoms with Gasteiger partial charge in [-0.15, -0.1) is 0 Å². The van der Waals surface area contributed by atoms with Crippen LogP contribution in [0, 0.1) is 5.92 Å². The fourth-order valence-corrected chi connectivity index (χ4v) is 3.29. The largest absolute Gasteiger partial charge is 0.395 e. The van der Waals surface area contributed by atoms with Crippen molar-refractivity contribution in [1.29, 1.82) is 0 Å². The van der Waals surface area contributed by atoms with Gasteiger partial charge in [-0.3, -0.25) is 0 Å². The molecule has 1 aliphatic rings. The van der Waals surface area contributed by atoms with Gasteiger partial charge in [0.2, 0.25) is 0 Å². The minimum Gasteiger partial charge on any atom is -0.395 e. The van der Waals surface area contributed by atoms with Crippen molar-refractivity contribution in [1.82, 2.24) is 5.32 Å². The van der Waals surface area contributed by atoms with Crippen LogP contribution in [-0.4, -0.2) is 23.8 Å². The number of aliphatic hydroxyl groups is 1. The molecule has 2 N–H and O–H groups in total. The third-order valence-electron chi connectivity index (χ3n) is 4.43. The van der Waals surface area contributed by atoms with Crippen molar-refractivity contribution in [2.24, 2.45) is 5.92 Å². The van der Waals surface area contributed by atoms with Crippen LogP contribution in [0.2, 0.25) is 0 Å². The van der Waals surface area contributed by atoms with Crippen molar-refractivity contribution in [2.45, 2.75) is 57.5 Å². The zero-order valence-corrected chi connectivity index (χ0v) is 12.0. The standard InChI is InChI=1S/C17H27NO/c1-2-15-10-6-7-11-17(15)18-16(13-19)12-14-8-4-3-5-9-14/h3-5,8-9,15-19H,2,6-7,10-13H2,1H3. The molecule has 19 heavy (non-hydrogen) atoms. The van der Waals surface area contributed by atoms with Crippen molar-refractivity contribution in [2.75, 3.05) is 6.61 Å². The van der Waals surface area contributed by atoms with Gasteiger partial charge in [0, 0.05) is 12.1 Å². The van der Waals surface area contributed by atoms with Crippen LogP contribution >= 0.6 is 0 Å². The first-order chi connectivity index (χ1) is 9.33. The predicted octanol–water partition coefficient (Wildman–Crippen LogP) is 3.15. The zero-order valence-electron chi connectivity index (χ0n) is 12.0. The summed E-state index contributed by atoms with van der Waals surface area (Å²) in [4.78, 5) is 0. The Morgan fingerprint density at radius 3 is 2.63 bits per heavy atom. The Balaban J connectivity index is 1.90. The number of hydrogen-bond donors (Lipinski definition) is 2. The Kier molecular flexibility index (Phi) is 5.87. The van der Waals surface area contributed by atoms with Crippen LogP contribution in [0.5, 0.6) is 0 Å². The van der Waals surface area contributed by atoms with E-state index >= 15 is 0 Å². The topological polar surface area (TPSA) is 32.3 Å². The normalized spacial score (nSPS) is 25.2. The van der Waals surface area contributed by atoms with Gasteiger partial charge in [-0.1, -0.05) is 56.5 Å². The van der Waals surface area contributed by atoms with Crippen molar-refractivity contribution in [3.63, 3.8) is 0 Å². The minimum atomic E-state index is 0.194. The maximum atomic E-state index is 9.61. The highest BCUT2D eigenvalue weighted by Crippen LogP contribution is 2.27. The lowest BCUT2D eigenvalue weighted by molar-refractivity contribution is 0.186. The Hall–Kier alpha value is -0.860. The van der Waals surface area contributed by atoms with Gasteiger partial charge in [0.05, 0.1) is 6.61 Å². The first-order valence-electron chi connectivity index (χ1n) is 7.74. The zero-order chi connectivity index (χ0) is 13.5. The lowest BCUT2D eigenvalue weighted by Gasteiger charge is -2.34. The number of aliphatic hydroxyl groups excluding tert-OH is 1. The highest BCUT2D eigenvalue weighted by molar-refractivity contribution is 5.16. The van der Waals surface area contributed by atoms with Crippen molar-refractivity contribution >= 4 is 0 Å². The Morgan fingerprint density at radius 1 is 1.21 bits per heavy atom. The molecule has 1 fully saturated rings. The molecule has 1 aromatic carbocycles. The third-order valence-corrected chi connectivity index (χ3v) is 4.43. The fourth-order valence-electron chi connectivity index (χ4n) is 3.29. The molecule has 0 spiro atoms. The van der Waals surface area contributed by atoms with E-state index in [0.717, 1.165) is 12.3 Å². The summed E-state index contributed by atoms with van der Waals surface area (Å²) in [6, 6.07) is 11.3. The highest BCUT2D eigenvalue weighted by atomic mass is 16.3. The summed E-state index contributed by atoms with van der Waals surface area (Å²) in [5.74, 6) is 0.790. The average Bonchev–Trinajstić information content (AvgIpc) is 2.48. The summed E-state index contributed by atoms with van der Waals surface area (Å²) in [6.07, 6.45) is 7.49. The molecule has 3 unspecified atom stereocenters. The number of hydrogen-bond acceptors (Lipinski definition) is 2. The van der Waals surface area contributed by atoms with Crippen LogP contribution in [-0.2, 0) is 6.42 Å². The summed E-state index contributed by atoms with van der Waals surface area (Å²) in [6.45, 7) is 2.51. The molecule has 0 bridgehead atoms. The van der Waals surface area contributed by atoms with E-state index < -0.39 is 0 Å². The molecule has 1 saturated carbocycles. The number of rotatable bonds is 6. The lowest BCUT2D eigenvalue weighted by Crippen LogP contribution is -2.46. The van der Waals surface area contributed by atoms with Gasteiger partial charge in [-0.2, -0.15) is 0 Å².